The summed E-state index contributed by atoms with van der Waals surface area (Å²) >= 11 is 0. The number of nitrogens with zero attached hydrogens (tertiary/aromatic N) is 4. The summed E-state index contributed by atoms with van der Waals surface area (Å²) in [6.07, 6.45) is 2.22. The normalized spacial score (nSPS) is 21.1. The van der Waals surface area contributed by atoms with Crippen LogP contribution in [0.1, 0.15) is 47.4 Å². The maximum Gasteiger partial charge on any atom is 0.276 e. The number of amides is 1. The van der Waals surface area contributed by atoms with Crippen molar-refractivity contribution in [2.45, 2.75) is 38.6 Å². The SMILES string of the molecule is Cc1ccc(-n2nnc(C(=O)N3CCNC(C)C3)c2C2CC2)cc1. The molecule has 1 saturated carbocycles. The van der Waals surface area contributed by atoms with Crippen molar-refractivity contribution >= 4 is 5.91 Å². The second-order valence-electron chi connectivity index (χ2n) is 6.95. The molecule has 0 bridgehead atoms. The molecule has 0 radical (unpaired) electrons. The average molecular weight is 325 g/mol. The molecule has 6 heteroatoms. The molecular formula is C18H23N5O. The van der Waals surface area contributed by atoms with Gasteiger partial charge in [-0.15, -0.1) is 5.10 Å². The van der Waals surface area contributed by atoms with Gasteiger partial charge >= 0.3 is 0 Å². The fourth-order valence-electron chi connectivity index (χ4n) is 3.31. The van der Waals surface area contributed by atoms with Gasteiger partial charge < -0.3 is 10.2 Å². The second kappa shape index (κ2) is 6.02. The Morgan fingerprint density at radius 3 is 2.67 bits per heavy atom. The Kier molecular flexibility index (Phi) is 3.84. The van der Waals surface area contributed by atoms with Gasteiger partial charge in [0.05, 0.1) is 11.4 Å². The molecule has 1 aliphatic carbocycles. The van der Waals surface area contributed by atoms with E-state index < -0.39 is 0 Å². The van der Waals surface area contributed by atoms with Crippen LogP contribution < -0.4 is 5.32 Å². The third-order valence-corrected chi connectivity index (χ3v) is 4.81. The minimum absolute atomic E-state index is 0.0172. The maximum atomic E-state index is 13.0. The molecular weight excluding hydrogens is 302 g/mol. The van der Waals surface area contributed by atoms with Crippen LogP contribution in [0.25, 0.3) is 5.69 Å². The van der Waals surface area contributed by atoms with Crippen LogP contribution in [-0.4, -0.2) is 51.5 Å². The minimum atomic E-state index is 0.0172. The molecule has 1 unspecified atom stereocenters. The zero-order chi connectivity index (χ0) is 16.7. The number of nitrogens with one attached hydrogen (secondary N) is 1. The molecule has 2 heterocycles. The molecule has 2 aliphatic rings. The lowest BCUT2D eigenvalue weighted by molar-refractivity contribution is 0.0702. The van der Waals surface area contributed by atoms with Gasteiger partial charge in [0.1, 0.15) is 0 Å². The van der Waals surface area contributed by atoms with E-state index >= 15 is 0 Å². The van der Waals surface area contributed by atoms with E-state index in [1.807, 2.05) is 21.7 Å². The highest BCUT2D eigenvalue weighted by Gasteiger charge is 2.36. The number of rotatable bonds is 3. The fraction of sp³-hybridized carbons (Fsp3) is 0.500. The van der Waals surface area contributed by atoms with Gasteiger partial charge in [-0.2, -0.15) is 0 Å². The Balaban J connectivity index is 1.69. The molecule has 126 valence electrons. The zero-order valence-electron chi connectivity index (χ0n) is 14.2. The van der Waals surface area contributed by atoms with Gasteiger partial charge in [-0.3, -0.25) is 4.79 Å². The molecule has 1 amide bonds. The fourth-order valence-corrected chi connectivity index (χ4v) is 3.31. The third-order valence-electron chi connectivity index (χ3n) is 4.81. The number of hydrogen-bond acceptors (Lipinski definition) is 4. The maximum absolute atomic E-state index is 13.0. The van der Waals surface area contributed by atoms with Crippen molar-refractivity contribution < 1.29 is 4.79 Å². The van der Waals surface area contributed by atoms with Crippen molar-refractivity contribution in [1.29, 1.82) is 0 Å². The van der Waals surface area contributed by atoms with Crippen molar-refractivity contribution in [3.8, 4) is 5.69 Å². The van der Waals surface area contributed by atoms with Crippen LogP contribution >= 0.6 is 0 Å². The molecule has 1 N–H and O–H groups in total. The van der Waals surface area contributed by atoms with Crippen LogP contribution in [0.2, 0.25) is 0 Å². The number of aromatic nitrogens is 3. The lowest BCUT2D eigenvalue weighted by Crippen LogP contribution is -2.51. The molecule has 2 aromatic rings. The van der Waals surface area contributed by atoms with Crippen LogP contribution in [0, 0.1) is 6.92 Å². The molecule has 1 aromatic heterocycles. The molecule has 4 rings (SSSR count). The van der Waals surface area contributed by atoms with E-state index in [1.165, 1.54) is 5.56 Å². The van der Waals surface area contributed by atoms with Gasteiger partial charge in [0, 0.05) is 31.6 Å². The molecule has 2 fully saturated rings. The first kappa shape index (κ1) is 15.3. The molecule has 0 spiro atoms. The largest absolute Gasteiger partial charge is 0.334 e. The molecule has 24 heavy (non-hydrogen) atoms. The van der Waals surface area contributed by atoms with Gasteiger partial charge in [0.15, 0.2) is 5.69 Å². The average Bonchev–Trinajstić information content (AvgIpc) is 3.33. The Labute approximate surface area is 141 Å². The molecule has 1 aliphatic heterocycles. The van der Waals surface area contributed by atoms with Gasteiger partial charge in [-0.1, -0.05) is 22.9 Å². The van der Waals surface area contributed by atoms with E-state index in [4.69, 9.17) is 0 Å². The number of hydrogen-bond donors (Lipinski definition) is 1. The van der Waals surface area contributed by atoms with Crippen molar-refractivity contribution in [2.75, 3.05) is 19.6 Å². The molecule has 1 saturated heterocycles. The molecule has 1 aromatic carbocycles. The number of carbonyl (C=O) groups excluding carboxylic acids is 1. The summed E-state index contributed by atoms with van der Waals surface area (Å²) in [7, 11) is 0. The van der Waals surface area contributed by atoms with E-state index in [0.717, 1.165) is 43.9 Å². The first-order chi connectivity index (χ1) is 11.6. The van der Waals surface area contributed by atoms with Crippen LogP contribution in [-0.2, 0) is 0 Å². The Morgan fingerprint density at radius 2 is 2.00 bits per heavy atom. The molecule has 6 nitrogen and oxygen atoms in total. The first-order valence-corrected chi connectivity index (χ1v) is 8.69. The summed E-state index contributed by atoms with van der Waals surface area (Å²) in [6, 6.07) is 8.52. The van der Waals surface area contributed by atoms with Crippen molar-refractivity contribution in [3.05, 3.63) is 41.2 Å². The van der Waals surface area contributed by atoms with Crippen LogP contribution in [0.4, 0.5) is 0 Å². The summed E-state index contributed by atoms with van der Waals surface area (Å²) in [5.41, 5.74) is 3.70. The van der Waals surface area contributed by atoms with Gasteiger partial charge in [0.2, 0.25) is 0 Å². The van der Waals surface area contributed by atoms with Crippen LogP contribution in [0.15, 0.2) is 24.3 Å². The number of aryl methyl sites for hydroxylation is 1. The van der Waals surface area contributed by atoms with Gasteiger partial charge in [0.25, 0.3) is 5.91 Å². The predicted octanol–water partition coefficient (Wildman–Crippen LogP) is 1.89. The second-order valence-corrected chi connectivity index (χ2v) is 6.95. The van der Waals surface area contributed by atoms with E-state index in [2.05, 4.69) is 41.6 Å². The number of piperazine rings is 1. The lowest BCUT2D eigenvalue weighted by Gasteiger charge is -2.31. The molecule has 1 atom stereocenters. The summed E-state index contributed by atoms with van der Waals surface area (Å²) in [4.78, 5) is 14.9. The van der Waals surface area contributed by atoms with Gasteiger partial charge in [-0.25, -0.2) is 4.68 Å². The van der Waals surface area contributed by atoms with Crippen molar-refractivity contribution in [2.24, 2.45) is 0 Å². The van der Waals surface area contributed by atoms with Gasteiger partial charge in [-0.05, 0) is 38.8 Å². The monoisotopic (exact) mass is 325 g/mol. The quantitative estimate of drug-likeness (QED) is 0.936. The standard InChI is InChI=1S/C18H23N5O/c1-12-3-7-15(8-4-12)23-17(14-5-6-14)16(20-21-23)18(24)22-10-9-19-13(2)11-22/h3-4,7-8,13-14,19H,5-6,9-11H2,1-2H3. The van der Waals surface area contributed by atoms with E-state index in [9.17, 15) is 4.79 Å². The Bertz CT molecular complexity index is 747. The topological polar surface area (TPSA) is 63.1 Å². The Morgan fingerprint density at radius 1 is 1.25 bits per heavy atom. The summed E-state index contributed by atoms with van der Waals surface area (Å²) in [6.45, 7) is 6.45. The van der Waals surface area contributed by atoms with Crippen molar-refractivity contribution in [3.63, 3.8) is 0 Å². The number of carbonyl (C=O) groups is 1. The summed E-state index contributed by atoms with van der Waals surface area (Å²) < 4.78 is 1.86. The number of benzene rings is 1. The smallest absolute Gasteiger partial charge is 0.276 e. The highest BCUT2D eigenvalue weighted by Crippen LogP contribution is 2.42. The highest BCUT2D eigenvalue weighted by molar-refractivity contribution is 5.93. The van der Waals surface area contributed by atoms with E-state index in [0.29, 0.717) is 17.7 Å². The van der Waals surface area contributed by atoms with Crippen molar-refractivity contribution in [1.82, 2.24) is 25.2 Å². The Hall–Kier alpha value is -2.21. The first-order valence-electron chi connectivity index (χ1n) is 8.69. The highest BCUT2D eigenvalue weighted by atomic mass is 16.2. The van der Waals surface area contributed by atoms with Crippen LogP contribution in [0.3, 0.4) is 0 Å². The summed E-state index contributed by atoms with van der Waals surface area (Å²) in [5.74, 6) is 0.421. The van der Waals surface area contributed by atoms with E-state index in [1.54, 1.807) is 0 Å². The lowest BCUT2D eigenvalue weighted by atomic mass is 10.1. The minimum Gasteiger partial charge on any atom is -0.334 e. The zero-order valence-corrected chi connectivity index (χ0v) is 14.2. The summed E-state index contributed by atoms with van der Waals surface area (Å²) in [5, 5.41) is 12.0. The van der Waals surface area contributed by atoms with E-state index in [-0.39, 0.29) is 5.91 Å². The predicted molar refractivity (Wildman–Crippen MR) is 91.4 cm³/mol. The van der Waals surface area contributed by atoms with Crippen LogP contribution in [0.5, 0.6) is 0 Å². The third kappa shape index (κ3) is 2.82.